The summed E-state index contributed by atoms with van der Waals surface area (Å²) in [6.07, 6.45) is -0.0281. The van der Waals surface area contributed by atoms with Gasteiger partial charge in [-0.15, -0.1) is 0 Å². The second-order valence-corrected chi connectivity index (χ2v) is 6.46. The van der Waals surface area contributed by atoms with Crippen LogP contribution in [0.1, 0.15) is 30.7 Å². The molecule has 0 radical (unpaired) electrons. The van der Waals surface area contributed by atoms with Gasteiger partial charge >= 0.3 is 12.1 Å². The maximum atomic E-state index is 12.7. The number of allylic oxidation sites excluding steroid dienone is 1. The predicted octanol–water partition coefficient (Wildman–Crippen LogP) is 3.84. The van der Waals surface area contributed by atoms with Crippen molar-refractivity contribution in [3.05, 3.63) is 47.4 Å². The molecule has 0 fully saturated rings. The van der Waals surface area contributed by atoms with Crippen LogP contribution in [0.15, 0.2) is 40.4 Å². The summed E-state index contributed by atoms with van der Waals surface area (Å²) >= 11 is 0. The highest BCUT2D eigenvalue weighted by Gasteiger charge is 2.38. The Morgan fingerprint density at radius 2 is 2.04 bits per heavy atom. The number of hydrogen-bond donors (Lipinski definition) is 0. The van der Waals surface area contributed by atoms with Gasteiger partial charge in [0, 0.05) is 31.3 Å². The molecule has 28 heavy (non-hydrogen) atoms. The van der Waals surface area contributed by atoms with E-state index in [4.69, 9.17) is 4.74 Å². The van der Waals surface area contributed by atoms with E-state index in [-0.39, 0.29) is 11.7 Å². The summed E-state index contributed by atoms with van der Waals surface area (Å²) in [4.78, 5) is 17.8. The van der Waals surface area contributed by atoms with E-state index in [1.54, 1.807) is 36.3 Å². The van der Waals surface area contributed by atoms with Crippen LogP contribution < -0.4 is 0 Å². The Balaban J connectivity index is 1.72. The fourth-order valence-corrected chi connectivity index (χ4v) is 2.96. The molecule has 150 valence electrons. The van der Waals surface area contributed by atoms with E-state index in [2.05, 4.69) is 14.7 Å². The van der Waals surface area contributed by atoms with Crippen molar-refractivity contribution in [3.63, 3.8) is 0 Å². The smallest absolute Gasteiger partial charge is 0.383 e. The Morgan fingerprint density at radius 3 is 2.61 bits per heavy atom. The Labute approximate surface area is 160 Å². The number of rotatable bonds is 7. The van der Waals surface area contributed by atoms with Gasteiger partial charge in [0.15, 0.2) is 0 Å². The quantitative estimate of drug-likeness (QED) is 0.713. The number of amides is 1. The highest BCUT2D eigenvalue weighted by Crippen LogP contribution is 2.29. The molecule has 9 heteroatoms. The molecule has 0 saturated carbocycles. The highest BCUT2D eigenvalue weighted by atomic mass is 19.4. The van der Waals surface area contributed by atoms with E-state index in [0.717, 1.165) is 30.4 Å². The van der Waals surface area contributed by atoms with Crippen LogP contribution in [-0.4, -0.2) is 41.2 Å². The van der Waals surface area contributed by atoms with Crippen LogP contribution in [0.3, 0.4) is 0 Å². The van der Waals surface area contributed by atoms with Crippen molar-refractivity contribution in [2.24, 2.45) is 0 Å². The lowest BCUT2D eigenvalue weighted by molar-refractivity contribution is -0.159. The van der Waals surface area contributed by atoms with E-state index in [9.17, 15) is 18.0 Å². The number of ether oxygens (including phenoxy) is 1. The molecule has 0 N–H and O–H groups in total. The van der Waals surface area contributed by atoms with Crippen molar-refractivity contribution in [1.82, 2.24) is 15.0 Å². The molecule has 0 atom stereocenters. The summed E-state index contributed by atoms with van der Waals surface area (Å²) < 4.78 is 47.1. The normalized spacial score (nSPS) is 14.2. The molecule has 1 amide bonds. The molecular formula is C19H20F3N3O3. The maximum Gasteiger partial charge on any atom is 0.471 e. The zero-order chi connectivity index (χ0) is 20.1. The van der Waals surface area contributed by atoms with Gasteiger partial charge in [-0.25, -0.2) is 0 Å². The highest BCUT2D eigenvalue weighted by molar-refractivity contribution is 5.93. The molecule has 0 bridgehead atoms. The SMILES string of the molecule is COCCN(Cc1ccc(-c2noc(C(F)(F)F)n2)cc1)C(=O)C1=CCCC1. The van der Waals surface area contributed by atoms with Gasteiger partial charge in [0.05, 0.1) is 6.61 Å². The number of carbonyl (C=O) groups is 1. The molecule has 0 spiro atoms. The van der Waals surface area contributed by atoms with Gasteiger partial charge in [0.1, 0.15) is 0 Å². The number of alkyl halides is 3. The minimum absolute atomic E-state index is 0.00777. The summed E-state index contributed by atoms with van der Waals surface area (Å²) in [6, 6.07) is 6.67. The molecule has 0 saturated heterocycles. The standard InChI is InChI=1S/C19H20F3N3O3/c1-27-11-10-25(17(26)15-4-2-3-5-15)12-13-6-8-14(9-7-13)16-23-18(28-24-16)19(20,21)22/h4,6-9H,2-3,5,10-12H2,1H3. The lowest BCUT2D eigenvalue weighted by Gasteiger charge is -2.23. The summed E-state index contributed by atoms with van der Waals surface area (Å²) in [6.45, 7) is 1.24. The van der Waals surface area contributed by atoms with E-state index in [1.807, 2.05) is 6.08 Å². The van der Waals surface area contributed by atoms with Crippen molar-refractivity contribution in [3.8, 4) is 11.4 Å². The molecule has 1 heterocycles. The van der Waals surface area contributed by atoms with Gasteiger partial charge < -0.3 is 14.2 Å². The first-order valence-corrected chi connectivity index (χ1v) is 8.86. The number of methoxy groups -OCH3 is 1. The molecule has 2 aromatic rings. The largest absolute Gasteiger partial charge is 0.471 e. The van der Waals surface area contributed by atoms with Crippen molar-refractivity contribution < 1.29 is 27.2 Å². The number of aromatic nitrogens is 2. The van der Waals surface area contributed by atoms with Crippen LogP contribution in [0, 0.1) is 0 Å². The first-order chi connectivity index (χ1) is 13.4. The summed E-state index contributed by atoms with van der Waals surface area (Å²) in [5.74, 6) is -1.53. The third kappa shape index (κ3) is 4.78. The van der Waals surface area contributed by atoms with Gasteiger partial charge in [0.25, 0.3) is 0 Å². The molecular weight excluding hydrogens is 375 g/mol. The fraction of sp³-hybridized carbons (Fsp3) is 0.421. The van der Waals surface area contributed by atoms with E-state index >= 15 is 0 Å². The maximum absolute atomic E-state index is 12.7. The van der Waals surface area contributed by atoms with Gasteiger partial charge in [-0.1, -0.05) is 35.5 Å². The fourth-order valence-electron chi connectivity index (χ4n) is 2.96. The molecule has 1 aliphatic carbocycles. The van der Waals surface area contributed by atoms with Crippen molar-refractivity contribution >= 4 is 5.91 Å². The van der Waals surface area contributed by atoms with Gasteiger partial charge in [-0.3, -0.25) is 4.79 Å². The molecule has 1 aromatic heterocycles. The zero-order valence-electron chi connectivity index (χ0n) is 15.3. The summed E-state index contributed by atoms with van der Waals surface area (Å²) in [5, 5.41) is 3.37. The van der Waals surface area contributed by atoms with Crippen LogP contribution >= 0.6 is 0 Å². The first-order valence-electron chi connectivity index (χ1n) is 8.86. The minimum atomic E-state index is -4.68. The van der Waals surface area contributed by atoms with Crippen molar-refractivity contribution in [2.45, 2.75) is 32.0 Å². The van der Waals surface area contributed by atoms with E-state index < -0.39 is 12.1 Å². The topological polar surface area (TPSA) is 68.5 Å². The Kier molecular flexibility index (Phi) is 6.13. The van der Waals surface area contributed by atoms with Gasteiger partial charge in [-0.2, -0.15) is 18.2 Å². The second kappa shape index (κ2) is 8.55. The van der Waals surface area contributed by atoms with Crippen molar-refractivity contribution in [1.29, 1.82) is 0 Å². The lowest BCUT2D eigenvalue weighted by atomic mass is 10.1. The molecule has 1 aromatic carbocycles. The van der Waals surface area contributed by atoms with Crippen molar-refractivity contribution in [2.75, 3.05) is 20.3 Å². The Bertz CT molecular complexity index is 844. The van der Waals surface area contributed by atoms with Crippen LogP contribution in [0.2, 0.25) is 0 Å². The zero-order valence-corrected chi connectivity index (χ0v) is 15.3. The number of halogens is 3. The molecule has 3 rings (SSSR count). The molecule has 6 nitrogen and oxygen atoms in total. The average Bonchev–Trinajstić information content (AvgIpc) is 3.36. The average molecular weight is 395 g/mol. The Hall–Kier alpha value is -2.68. The number of nitrogens with zero attached hydrogens (tertiary/aromatic N) is 3. The van der Waals surface area contributed by atoms with Crippen LogP contribution in [0.25, 0.3) is 11.4 Å². The molecule has 0 aliphatic heterocycles. The molecule has 1 aliphatic rings. The number of benzene rings is 1. The van der Waals surface area contributed by atoms with E-state index in [0.29, 0.717) is 25.3 Å². The number of carbonyl (C=O) groups excluding carboxylic acids is 1. The predicted molar refractivity (Wildman–Crippen MR) is 94.0 cm³/mol. The first kappa shape index (κ1) is 20.1. The van der Waals surface area contributed by atoms with Gasteiger partial charge in [0.2, 0.25) is 11.7 Å². The summed E-state index contributed by atoms with van der Waals surface area (Å²) in [5.41, 5.74) is 2.06. The van der Waals surface area contributed by atoms with Crippen LogP contribution in [0.5, 0.6) is 0 Å². The number of hydrogen-bond acceptors (Lipinski definition) is 5. The third-order valence-electron chi connectivity index (χ3n) is 4.42. The van der Waals surface area contributed by atoms with Crippen LogP contribution in [-0.2, 0) is 22.3 Å². The van der Waals surface area contributed by atoms with Crippen LogP contribution in [0.4, 0.5) is 13.2 Å². The second-order valence-electron chi connectivity index (χ2n) is 6.46. The Morgan fingerprint density at radius 1 is 1.29 bits per heavy atom. The third-order valence-corrected chi connectivity index (χ3v) is 4.42. The summed E-state index contributed by atoms with van der Waals surface area (Å²) in [7, 11) is 1.58. The minimum Gasteiger partial charge on any atom is -0.383 e. The lowest BCUT2D eigenvalue weighted by Crippen LogP contribution is -2.34. The monoisotopic (exact) mass is 395 g/mol. The molecule has 0 unspecified atom stereocenters. The van der Waals surface area contributed by atoms with Gasteiger partial charge in [-0.05, 0) is 24.8 Å². The van der Waals surface area contributed by atoms with E-state index in [1.165, 1.54) is 0 Å².